The number of rotatable bonds is 6. The third-order valence-corrected chi connectivity index (χ3v) is 5.88. The van der Waals surface area contributed by atoms with Crippen LogP contribution in [0.25, 0.3) is 0 Å². The number of nitrogens with one attached hydrogen (secondary N) is 2. The van der Waals surface area contributed by atoms with Crippen LogP contribution in [0.1, 0.15) is 17.5 Å². The average molecular weight is 452 g/mol. The second-order valence-electron chi connectivity index (χ2n) is 8.18. The standard InChI is InChI=1S/C24H29N5O4/c1-18-16-20(8-9-21(18)27-24(22(30)31)25-10-5-11-26-24)28-12-14-29(15-13-28)23(32)33-17-19-6-3-2-4-7-19/h2-4,6-10,16,26-27H,5,11-15,17H2,1H3,(H,30,31). The van der Waals surface area contributed by atoms with Crippen molar-refractivity contribution in [2.45, 2.75) is 25.7 Å². The first-order valence-corrected chi connectivity index (χ1v) is 11.1. The number of benzene rings is 2. The van der Waals surface area contributed by atoms with Crippen LogP contribution in [-0.4, -0.2) is 66.8 Å². The quantitative estimate of drug-likeness (QED) is 0.620. The molecule has 1 saturated heterocycles. The molecular weight excluding hydrogens is 422 g/mol. The van der Waals surface area contributed by atoms with Gasteiger partial charge in [0, 0.05) is 50.3 Å². The Bertz CT molecular complexity index is 1020. The van der Waals surface area contributed by atoms with Crippen LogP contribution in [0.15, 0.2) is 53.5 Å². The Morgan fingerprint density at radius 2 is 1.91 bits per heavy atom. The van der Waals surface area contributed by atoms with Crippen molar-refractivity contribution in [3.05, 3.63) is 59.7 Å². The lowest BCUT2D eigenvalue weighted by Crippen LogP contribution is -2.58. The van der Waals surface area contributed by atoms with Gasteiger partial charge >= 0.3 is 12.1 Å². The molecule has 9 heteroatoms. The average Bonchev–Trinajstić information content (AvgIpc) is 2.85. The smallest absolute Gasteiger partial charge is 0.410 e. The van der Waals surface area contributed by atoms with Crippen molar-refractivity contribution >= 4 is 29.7 Å². The Balaban J connectivity index is 1.33. The molecule has 2 aromatic rings. The third kappa shape index (κ3) is 5.25. The van der Waals surface area contributed by atoms with E-state index in [1.165, 1.54) is 0 Å². The van der Waals surface area contributed by atoms with Gasteiger partial charge in [0.05, 0.1) is 0 Å². The van der Waals surface area contributed by atoms with Crippen molar-refractivity contribution < 1.29 is 19.4 Å². The van der Waals surface area contributed by atoms with Crippen molar-refractivity contribution in [3.8, 4) is 0 Å². The number of anilines is 2. The lowest BCUT2D eigenvalue weighted by atomic mass is 10.1. The molecule has 3 N–H and O–H groups in total. The first-order valence-electron chi connectivity index (χ1n) is 11.1. The number of aliphatic imine (C=N–C) groups is 1. The molecule has 2 heterocycles. The predicted octanol–water partition coefficient (Wildman–Crippen LogP) is 2.67. The SMILES string of the molecule is Cc1cc(N2CCN(C(=O)OCc3ccccc3)CC2)ccc1NC1(C(=O)O)N=CCCN1. The second kappa shape index (κ2) is 9.91. The topological polar surface area (TPSA) is 106 Å². The fourth-order valence-corrected chi connectivity index (χ4v) is 3.96. The summed E-state index contributed by atoms with van der Waals surface area (Å²) < 4.78 is 5.44. The van der Waals surface area contributed by atoms with Crippen LogP contribution >= 0.6 is 0 Å². The third-order valence-electron chi connectivity index (χ3n) is 5.88. The molecule has 1 unspecified atom stereocenters. The number of amides is 1. The zero-order chi connectivity index (χ0) is 23.3. The molecule has 4 rings (SSSR count). The van der Waals surface area contributed by atoms with E-state index in [0.29, 0.717) is 44.8 Å². The van der Waals surface area contributed by atoms with Crippen LogP contribution in [0.2, 0.25) is 0 Å². The minimum absolute atomic E-state index is 0.268. The highest BCUT2D eigenvalue weighted by Crippen LogP contribution is 2.26. The maximum atomic E-state index is 12.4. The van der Waals surface area contributed by atoms with E-state index in [4.69, 9.17) is 4.74 Å². The van der Waals surface area contributed by atoms with E-state index in [1.54, 1.807) is 11.1 Å². The molecule has 33 heavy (non-hydrogen) atoms. The number of carboxylic acids is 1. The number of aryl methyl sites for hydroxylation is 1. The zero-order valence-electron chi connectivity index (χ0n) is 18.7. The van der Waals surface area contributed by atoms with Gasteiger partial charge in [0.2, 0.25) is 0 Å². The lowest BCUT2D eigenvalue weighted by Gasteiger charge is -2.36. The molecular formula is C24H29N5O4. The maximum Gasteiger partial charge on any atom is 0.410 e. The molecule has 0 bridgehead atoms. The molecule has 0 aromatic heterocycles. The van der Waals surface area contributed by atoms with Gasteiger partial charge in [-0.1, -0.05) is 30.3 Å². The monoisotopic (exact) mass is 451 g/mol. The summed E-state index contributed by atoms with van der Waals surface area (Å²) in [6.45, 7) is 5.28. The number of hydrogen-bond acceptors (Lipinski definition) is 7. The van der Waals surface area contributed by atoms with E-state index in [-0.39, 0.29) is 12.7 Å². The van der Waals surface area contributed by atoms with Crippen molar-refractivity contribution in [3.63, 3.8) is 0 Å². The Morgan fingerprint density at radius 3 is 2.55 bits per heavy atom. The summed E-state index contributed by atoms with van der Waals surface area (Å²) in [6, 6.07) is 15.5. The number of carbonyl (C=O) groups excluding carboxylic acids is 1. The molecule has 2 aliphatic rings. The van der Waals surface area contributed by atoms with Crippen LogP contribution in [0.4, 0.5) is 16.2 Å². The van der Waals surface area contributed by atoms with E-state index in [1.807, 2.05) is 55.5 Å². The molecule has 1 fully saturated rings. The van der Waals surface area contributed by atoms with Gasteiger partial charge in [-0.05, 0) is 42.7 Å². The minimum atomic E-state index is -1.55. The van der Waals surface area contributed by atoms with Gasteiger partial charge in [0.1, 0.15) is 6.61 Å². The number of hydrogen-bond donors (Lipinski definition) is 3. The molecule has 1 atom stereocenters. The molecule has 0 aliphatic carbocycles. The highest BCUT2D eigenvalue weighted by molar-refractivity contribution is 5.85. The van der Waals surface area contributed by atoms with Crippen molar-refractivity contribution in [2.75, 3.05) is 42.9 Å². The van der Waals surface area contributed by atoms with Crippen molar-refractivity contribution in [2.24, 2.45) is 4.99 Å². The highest BCUT2D eigenvalue weighted by atomic mass is 16.6. The van der Waals surface area contributed by atoms with Crippen LogP contribution < -0.4 is 15.5 Å². The zero-order valence-corrected chi connectivity index (χ0v) is 18.7. The first-order chi connectivity index (χ1) is 16.0. The number of carboxylic acid groups (broad SMARTS) is 1. The summed E-state index contributed by atoms with van der Waals surface area (Å²) in [5.74, 6) is -2.62. The fourth-order valence-electron chi connectivity index (χ4n) is 3.96. The van der Waals surface area contributed by atoms with Crippen molar-refractivity contribution in [1.29, 1.82) is 0 Å². The molecule has 2 aliphatic heterocycles. The summed E-state index contributed by atoms with van der Waals surface area (Å²) in [5.41, 5.74) is 3.61. The second-order valence-corrected chi connectivity index (χ2v) is 8.18. The van der Waals surface area contributed by atoms with E-state index < -0.39 is 11.8 Å². The van der Waals surface area contributed by atoms with E-state index in [9.17, 15) is 14.7 Å². The summed E-state index contributed by atoms with van der Waals surface area (Å²) >= 11 is 0. The fraction of sp³-hybridized carbons (Fsp3) is 0.375. The van der Waals surface area contributed by atoms with Gasteiger partial charge < -0.3 is 25.0 Å². The van der Waals surface area contributed by atoms with E-state index in [0.717, 1.165) is 16.8 Å². The summed E-state index contributed by atoms with van der Waals surface area (Å²) in [6.07, 6.45) is 2.03. The van der Waals surface area contributed by atoms with Gasteiger partial charge in [-0.2, -0.15) is 0 Å². The molecule has 9 nitrogen and oxygen atoms in total. The molecule has 0 spiro atoms. The Labute approximate surface area is 193 Å². The number of carbonyl (C=O) groups is 2. The van der Waals surface area contributed by atoms with Crippen LogP contribution in [0.5, 0.6) is 0 Å². The van der Waals surface area contributed by atoms with E-state index >= 15 is 0 Å². The summed E-state index contributed by atoms with van der Waals surface area (Å²) in [5, 5.41) is 15.7. The Hall–Kier alpha value is -3.59. The molecule has 0 radical (unpaired) electrons. The van der Waals surface area contributed by atoms with Gasteiger partial charge in [-0.25, -0.2) is 14.6 Å². The van der Waals surface area contributed by atoms with Gasteiger partial charge in [-0.3, -0.25) is 5.32 Å². The lowest BCUT2D eigenvalue weighted by molar-refractivity contribution is -0.143. The number of nitrogens with zero attached hydrogens (tertiary/aromatic N) is 3. The number of aliphatic carboxylic acids is 1. The Morgan fingerprint density at radius 1 is 1.15 bits per heavy atom. The number of piperazine rings is 1. The highest BCUT2D eigenvalue weighted by Gasteiger charge is 2.39. The van der Waals surface area contributed by atoms with Gasteiger partial charge in [-0.15, -0.1) is 0 Å². The molecule has 0 saturated carbocycles. The van der Waals surface area contributed by atoms with E-state index in [2.05, 4.69) is 20.5 Å². The largest absolute Gasteiger partial charge is 0.477 e. The van der Waals surface area contributed by atoms with Crippen LogP contribution in [-0.2, 0) is 16.1 Å². The maximum absolute atomic E-state index is 12.4. The Kier molecular flexibility index (Phi) is 6.79. The summed E-state index contributed by atoms with van der Waals surface area (Å²) in [4.78, 5) is 32.3. The van der Waals surface area contributed by atoms with Gasteiger partial charge in [0.25, 0.3) is 5.79 Å². The first kappa shape index (κ1) is 22.6. The molecule has 2 aromatic carbocycles. The minimum Gasteiger partial charge on any atom is -0.477 e. The van der Waals surface area contributed by atoms with Crippen LogP contribution in [0.3, 0.4) is 0 Å². The normalized spacial score (nSPS) is 20.4. The molecule has 1 amide bonds. The number of ether oxygens (including phenoxy) is 1. The van der Waals surface area contributed by atoms with Crippen LogP contribution in [0, 0.1) is 6.92 Å². The predicted molar refractivity (Wildman–Crippen MR) is 127 cm³/mol. The summed E-state index contributed by atoms with van der Waals surface area (Å²) in [7, 11) is 0. The van der Waals surface area contributed by atoms with Crippen molar-refractivity contribution in [1.82, 2.24) is 10.2 Å². The van der Waals surface area contributed by atoms with Gasteiger partial charge in [0.15, 0.2) is 0 Å². The molecule has 174 valence electrons.